The molecule has 12 heteroatoms. The maximum Gasteiger partial charge on any atom is 0.335 e. The first-order valence-electron chi connectivity index (χ1n) is 7.73. The number of carboxylic acid groups (broad SMARTS) is 2. The van der Waals surface area contributed by atoms with Gasteiger partial charge in [-0.1, -0.05) is 0 Å². The van der Waals surface area contributed by atoms with Gasteiger partial charge in [0.15, 0.2) is 24.8 Å². The van der Waals surface area contributed by atoms with E-state index in [1.807, 2.05) is 0 Å². The Kier molecular flexibility index (Phi) is 6.87. The average Bonchev–Trinajstić information content (AvgIpc) is 2.59. The van der Waals surface area contributed by atoms with E-state index in [-0.39, 0.29) is 6.42 Å². The van der Waals surface area contributed by atoms with Gasteiger partial charge in [0, 0.05) is 20.6 Å². The molecule has 0 spiro atoms. The molecule has 9 atom stereocenters. The molecule has 3 unspecified atom stereocenters. The Hall–Kier alpha value is -1.38. The molecule has 0 saturated carbocycles. The Bertz CT molecular complexity index is 512. The van der Waals surface area contributed by atoms with E-state index in [1.165, 1.54) is 7.11 Å². The lowest BCUT2D eigenvalue weighted by molar-refractivity contribution is -0.335. The summed E-state index contributed by atoms with van der Waals surface area (Å²) >= 11 is 0. The number of rotatable bonds is 6. The third kappa shape index (κ3) is 4.13. The molecular formula is C14H22O12. The van der Waals surface area contributed by atoms with Crippen molar-refractivity contribution in [2.75, 3.05) is 14.2 Å². The summed E-state index contributed by atoms with van der Waals surface area (Å²) < 4.78 is 25.3. The van der Waals surface area contributed by atoms with Crippen molar-refractivity contribution in [3.63, 3.8) is 0 Å². The highest BCUT2D eigenvalue weighted by atomic mass is 16.7. The van der Waals surface area contributed by atoms with Crippen LogP contribution in [0.25, 0.3) is 0 Å². The first-order valence-corrected chi connectivity index (χ1v) is 7.73. The lowest BCUT2D eigenvalue weighted by Crippen LogP contribution is -2.63. The van der Waals surface area contributed by atoms with Crippen LogP contribution >= 0.6 is 0 Å². The van der Waals surface area contributed by atoms with Gasteiger partial charge >= 0.3 is 11.9 Å². The highest BCUT2D eigenvalue weighted by molar-refractivity contribution is 5.74. The Morgan fingerprint density at radius 2 is 1.46 bits per heavy atom. The smallest absolute Gasteiger partial charge is 0.335 e. The van der Waals surface area contributed by atoms with E-state index in [9.17, 15) is 35.1 Å². The summed E-state index contributed by atoms with van der Waals surface area (Å²) in [5, 5.41) is 48.8. The zero-order valence-corrected chi connectivity index (χ0v) is 14.0. The Labute approximate surface area is 147 Å². The molecule has 0 aromatic rings. The summed E-state index contributed by atoms with van der Waals surface area (Å²) in [5.74, 6) is -2.95. The molecule has 26 heavy (non-hydrogen) atoms. The summed E-state index contributed by atoms with van der Waals surface area (Å²) in [6, 6.07) is 0. The summed E-state index contributed by atoms with van der Waals surface area (Å²) in [7, 11) is 2.40. The molecule has 0 aromatic heterocycles. The second-order valence-corrected chi connectivity index (χ2v) is 5.91. The molecule has 2 aliphatic heterocycles. The van der Waals surface area contributed by atoms with E-state index >= 15 is 0 Å². The first kappa shape index (κ1) is 20.9. The summed E-state index contributed by atoms with van der Waals surface area (Å²) in [5.41, 5.74) is 0. The number of aliphatic hydroxyl groups is 3. The van der Waals surface area contributed by atoms with Crippen LogP contribution < -0.4 is 0 Å². The van der Waals surface area contributed by atoms with Crippen molar-refractivity contribution in [3.05, 3.63) is 0 Å². The fraction of sp³-hybridized carbons (Fsp3) is 0.857. The maximum atomic E-state index is 11.4. The van der Waals surface area contributed by atoms with E-state index in [0.29, 0.717) is 0 Å². The van der Waals surface area contributed by atoms with Gasteiger partial charge in [-0.15, -0.1) is 0 Å². The maximum absolute atomic E-state index is 11.4. The molecule has 0 aromatic carbocycles. The molecule has 0 radical (unpaired) electrons. The van der Waals surface area contributed by atoms with Gasteiger partial charge in [0.1, 0.15) is 24.4 Å². The van der Waals surface area contributed by atoms with E-state index in [0.717, 1.165) is 7.11 Å². The quantitative estimate of drug-likeness (QED) is 0.317. The molecule has 0 bridgehead atoms. The number of hydrogen-bond acceptors (Lipinski definition) is 10. The number of methoxy groups -OCH3 is 2. The minimum absolute atomic E-state index is 0.126. The third-order valence-electron chi connectivity index (χ3n) is 4.27. The largest absolute Gasteiger partial charge is 0.479 e. The van der Waals surface area contributed by atoms with Gasteiger partial charge in [-0.25, -0.2) is 9.59 Å². The van der Waals surface area contributed by atoms with Gasteiger partial charge < -0.3 is 49.2 Å². The Morgan fingerprint density at radius 1 is 0.885 bits per heavy atom. The van der Waals surface area contributed by atoms with Crippen molar-refractivity contribution in [2.45, 2.75) is 61.7 Å². The number of ether oxygens (including phenoxy) is 5. The van der Waals surface area contributed by atoms with Crippen LogP contribution in [0.3, 0.4) is 0 Å². The fourth-order valence-corrected chi connectivity index (χ4v) is 2.91. The molecule has 0 amide bonds. The monoisotopic (exact) mass is 382 g/mol. The average molecular weight is 382 g/mol. The SMILES string of the molecule is CO[C@H]1C[C@@H](O)[C@H](O[C@@H]2OC(C(=O)O)[C@@H](OC)[C@H](O)C2O)C(C(=O)O)O1. The number of aliphatic hydroxyl groups excluding tert-OH is 3. The lowest BCUT2D eigenvalue weighted by atomic mass is 9.97. The molecule has 150 valence electrons. The fourth-order valence-electron chi connectivity index (χ4n) is 2.91. The van der Waals surface area contributed by atoms with Gasteiger partial charge in [0.2, 0.25) is 0 Å². The van der Waals surface area contributed by atoms with Gasteiger partial charge in [-0.05, 0) is 0 Å². The standard InChI is InChI=1S/C14H22O12/c1-22-5-3-4(15)8(10(24-5)12(18)19)25-14-7(17)6(16)9(23-2)11(26-14)13(20)21/h4-11,14-17H,3H2,1-2H3,(H,18,19)(H,20,21)/t4-,5-,6-,7?,8+,9+,10?,11?,14-/m1/s1. The highest BCUT2D eigenvalue weighted by Gasteiger charge is 2.52. The van der Waals surface area contributed by atoms with Crippen LogP contribution in [0.15, 0.2) is 0 Å². The lowest BCUT2D eigenvalue weighted by Gasteiger charge is -2.43. The topological polar surface area (TPSA) is 181 Å². The molecular weight excluding hydrogens is 360 g/mol. The normalized spacial score (nSPS) is 43.8. The van der Waals surface area contributed by atoms with Gasteiger partial charge in [0.25, 0.3) is 0 Å². The minimum atomic E-state index is -1.75. The van der Waals surface area contributed by atoms with Crippen LogP contribution in [0, 0.1) is 0 Å². The number of carbonyl (C=O) groups is 2. The van der Waals surface area contributed by atoms with Crippen molar-refractivity contribution in [1.82, 2.24) is 0 Å². The molecule has 12 nitrogen and oxygen atoms in total. The van der Waals surface area contributed by atoms with Crippen LogP contribution in [0.2, 0.25) is 0 Å². The summed E-state index contributed by atoms with van der Waals surface area (Å²) in [6.45, 7) is 0. The van der Waals surface area contributed by atoms with Crippen molar-refractivity contribution in [3.8, 4) is 0 Å². The summed E-state index contributed by atoms with van der Waals surface area (Å²) in [4.78, 5) is 22.7. The Balaban J connectivity index is 2.18. The molecule has 2 heterocycles. The van der Waals surface area contributed by atoms with Crippen molar-refractivity contribution in [1.29, 1.82) is 0 Å². The summed E-state index contributed by atoms with van der Waals surface area (Å²) in [6.07, 6.45) is -13.9. The first-order chi connectivity index (χ1) is 12.2. The zero-order chi connectivity index (χ0) is 19.6. The van der Waals surface area contributed by atoms with Gasteiger partial charge in [0.05, 0.1) is 6.10 Å². The van der Waals surface area contributed by atoms with Crippen LogP contribution in [0.5, 0.6) is 0 Å². The predicted octanol–water partition coefficient (Wildman–Crippen LogP) is -2.88. The second kappa shape index (κ2) is 8.54. The van der Waals surface area contributed by atoms with Crippen molar-refractivity contribution < 1.29 is 58.8 Å². The number of carboxylic acids is 2. The molecule has 0 aliphatic carbocycles. The molecule has 2 saturated heterocycles. The third-order valence-corrected chi connectivity index (χ3v) is 4.27. The number of hydrogen-bond donors (Lipinski definition) is 5. The van der Waals surface area contributed by atoms with Crippen LogP contribution in [-0.4, -0.2) is 107 Å². The predicted molar refractivity (Wildman–Crippen MR) is 77.9 cm³/mol. The van der Waals surface area contributed by atoms with Crippen LogP contribution in [0.4, 0.5) is 0 Å². The van der Waals surface area contributed by atoms with E-state index in [1.54, 1.807) is 0 Å². The highest BCUT2D eigenvalue weighted by Crippen LogP contribution is 2.30. The minimum Gasteiger partial charge on any atom is -0.479 e. The van der Waals surface area contributed by atoms with E-state index < -0.39 is 67.2 Å². The Morgan fingerprint density at radius 3 is 1.96 bits per heavy atom. The molecule has 2 aliphatic rings. The van der Waals surface area contributed by atoms with Crippen LogP contribution in [-0.2, 0) is 33.3 Å². The van der Waals surface area contributed by atoms with Crippen LogP contribution in [0.1, 0.15) is 6.42 Å². The van der Waals surface area contributed by atoms with Crippen molar-refractivity contribution >= 4 is 11.9 Å². The number of aliphatic carboxylic acids is 2. The molecule has 5 N–H and O–H groups in total. The van der Waals surface area contributed by atoms with Crippen molar-refractivity contribution in [2.24, 2.45) is 0 Å². The van der Waals surface area contributed by atoms with E-state index in [4.69, 9.17) is 23.7 Å². The molecule has 2 rings (SSSR count). The van der Waals surface area contributed by atoms with E-state index in [2.05, 4.69) is 0 Å². The van der Waals surface area contributed by atoms with Gasteiger partial charge in [-0.3, -0.25) is 0 Å². The second-order valence-electron chi connectivity index (χ2n) is 5.91. The van der Waals surface area contributed by atoms with Gasteiger partial charge in [-0.2, -0.15) is 0 Å². The molecule has 2 fully saturated rings. The zero-order valence-electron chi connectivity index (χ0n) is 14.0.